The molecule has 3 aromatic rings. The zero-order valence-corrected chi connectivity index (χ0v) is 14.7. The molecule has 4 nitrogen and oxygen atoms in total. The highest BCUT2D eigenvalue weighted by molar-refractivity contribution is 7.08. The Morgan fingerprint density at radius 1 is 0.962 bits per heavy atom. The normalized spacial score (nSPS) is 10.3. The molecule has 0 aliphatic carbocycles. The van der Waals surface area contributed by atoms with Gasteiger partial charge in [0.15, 0.2) is 0 Å². The van der Waals surface area contributed by atoms with E-state index in [1.165, 1.54) is 6.07 Å². The Morgan fingerprint density at radius 3 is 2.58 bits per heavy atom. The van der Waals surface area contributed by atoms with Crippen LogP contribution in [-0.2, 0) is 11.3 Å². The van der Waals surface area contributed by atoms with Gasteiger partial charge in [-0.25, -0.2) is 4.39 Å². The van der Waals surface area contributed by atoms with Crippen molar-refractivity contribution in [2.75, 3.05) is 6.54 Å². The van der Waals surface area contributed by atoms with Crippen molar-refractivity contribution in [3.05, 3.63) is 82.3 Å². The number of hydrogen-bond acceptors (Lipinski definition) is 3. The van der Waals surface area contributed by atoms with Crippen molar-refractivity contribution in [3.63, 3.8) is 0 Å². The summed E-state index contributed by atoms with van der Waals surface area (Å²) in [4.78, 5) is 24.1. The lowest BCUT2D eigenvalue weighted by molar-refractivity contribution is -0.120. The molecule has 1 aromatic heterocycles. The summed E-state index contributed by atoms with van der Waals surface area (Å²) in [6.07, 6.45) is 0. The van der Waals surface area contributed by atoms with Gasteiger partial charge in [0.2, 0.25) is 5.91 Å². The molecule has 26 heavy (non-hydrogen) atoms. The maximum atomic E-state index is 13.5. The molecule has 0 radical (unpaired) electrons. The Kier molecular flexibility index (Phi) is 5.76. The molecule has 0 aliphatic heterocycles. The Hall–Kier alpha value is -2.99. The average molecular weight is 368 g/mol. The van der Waals surface area contributed by atoms with Crippen LogP contribution >= 0.6 is 11.3 Å². The number of halogens is 1. The van der Waals surface area contributed by atoms with Crippen LogP contribution in [0, 0.1) is 5.82 Å². The first-order valence-corrected chi connectivity index (χ1v) is 8.99. The van der Waals surface area contributed by atoms with Gasteiger partial charge in [0.05, 0.1) is 6.54 Å². The van der Waals surface area contributed by atoms with Crippen LogP contribution in [0.2, 0.25) is 0 Å². The van der Waals surface area contributed by atoms with Crippen molar-refractivity contribution in [1.82, 2.24) is 10.6 Å². The van der Waals surface area contributed by atoms with Gasteiger partial charge in [0.1, 0.15) is 5.82 Å². The van der Waals surface area contributed by atoms with E-state index in [-0.39, 0.29) is 30.7 Å². The van der Waals surface area contributed by atoms with Gasteiger partial charge in [-0.1, -0.05) is 30.3 Å². The van der Waals surface area contributed by atoms with Crippen LogP contribution in [0.5, 0.6) is 0 Å². The summed E-state index contributed by atoms with van der Waals surface area (Å²) in [5, 5.41) is 9.15. The number of benzene rings is 2. The fourth-order valence-electron chi connectivity index (χ4n) is 2.43. The molecule has 2 N–H and O–H groups in total. The Bertz CT molecular complexity index is 910. The molecule has 0 saturated carbocycles. The lowest BCUT2D eigenvalue weighted by Crippen LogP contribution is -2.36. The first-order valence-electron chi connectivity index (χ1n) is 8.04. The largest absolute Gasteiger partial charge is 0.350 e. The molecular weight excluding hydrogens is 351 g/mol. The SMILES string of the molecule is O=C(CNC(=O)c1cccc(-c2ccsc2)c1)NCc1ccccc1F. The maximum Gasteiger partial charge on any atom is 0.251 e. The fourth-order valence-corrected chi connectivity index (χ4v) is 3.09. The molecule has 132 valence electrons. The number of carbonyl (C=O) groups is 2. The summed E-state index contributed by atoms with van der Waals surface area (Å²) >= 11 is 1.59. The third-order valence-electron chi connectivity index (χ3n) is 3.82. The minimum atomic E-state index is -0.379. The summed E-state index contributed by atoms with van der Waals surface area (Å²) in [5.74, 6) is -1.08. The molecule has 0 unspecified atom stereocenters. The molecule has 3 rings (SSSR count). The lowest BCUT2D eigenvalue weighted by atomic mass is 10.1. The number of carbonyl (C=O) groups excluding carboxylic acids is 2. The summed E-state index contributed by atoms with van der Waals surface area (Å²) in [6, 6.07) is 15.4. The fraction of sp³-hybridized carbons (Fsp3) is 0.100. The first-order chi connectivity index (χ1) is 12.6. The minimum absolute atomic E-state index is 0.0784. The van der Waals surface area contributed by atoms with Gasteiger partial charge in [-0.05, 0) is 46.2 Å². The van der Waals surface area contributed by atoms with Gasteiger partial charge >= 0.3 is 0 Å². The smallest absolute Gasteiger partial charge is 0.251 e. The molecule has 0 aliphatic rings. The van der Waals surface area contributed by atoms with Crippen LogP contribution in [0.25, 0.3) is 11.1 Å². The summed E-state index contributed by atoms with van der Waals surface area (Å²) < 4.78 is 13.5. The molecule has 1 heterocycles. The van der Waals surface area contributed by atoms with E-state index in [1.807, 2.05) is 22.9 Å². The Labute approximate surface area is 154 Å². The van der Waals surface area contributed by atoms with E-state index < -0.39 is 0 Å². The predicted molar refractivity (Wildman–Crippen MR) is 100 cm³/mol. The van der Waals surface area contributed by atoms with Crippen molar-refractivity contribution >= 4 is 23.2 Å². The second-order valence-electron chi connectivity index (χ2n) is 5.64. The van der Waals surface area contributed by atoms with Gasteiger partial charge < -0.3 is 10.6 Å². The van der Waals surface area contributed by atoms with E-state index in [1.54, 1.807) is 47.7 Å². The highest BCUT2D eigenvalue weighted by Crippen LogP contribution is 2.22. The molecule has 6 heteroatoms. The Morgan fingerprint density at radius 2 is 1.81 bits per heavy atom. The monoisotopic (exact) mass is 368 g/mol. The average Bonchev–Trinajstić information content (AvgIpc) is 3.20. The zero-order valence-electron chi connectivity index (χ0n) is 13.9. The molecule has 2 amide bonds. The summed E-state index contributed by atoms with van der Waals surface area (Å²) in [7, 11) is 0. The van der Waals surface area contributed by atoms with E-state index >= 15 is 0 Å². The summed E-state index contributed by atoms with van der Waals surface area (Å²) in [5.41, 5.74) is 2.88. The molecule has 0 bridgehead atoms. The highest BCUT2D eigenvalue weighted by Gasteiger charge is 2.10. The van der Waals surface area contributed by atoms with E-state index in [2.05, 4.69) is 10.6 Å². The van der Waals surface area contributed by atoms with E-state index in [0.717, 1.165) is 11.1 Å². The van der Waals surface area contributed by atoms with E-state index in [0.29, 0.717) is 11.1 Å². The molecular formula is C20H17FN2O2S. The van der Waals surface area contributed by atoms with Crippen LogP contribution in [0.15, 0.2) is 65.4 Å². The van der Waals surface area contributed by atoms with E-state index in [4.69, 9.17) is 0 Å². The highest BCUT2D eigenvalue weighted by atomic mass is 32.1. The quantitative estimate of drug-likeness (QED) is 0.698. The second-order valence-corrected chi connectivity index (χ2v) is 6.42. The molecule has 0 spiro atoms. The first kappa shape index (κ1) is 17.8. The van der Waals surface area contributed by atoms with Gasteiger partial charge in [0, 0.05) is 17.7 Å². The van der Waals surface area contributed by atoms with Crippen LogP contribution in [0.4, 0.5) is 4.39 Å². The topological polar surface area (TPSA) is 58.2 Å². The van der Waals surface area contributed by atoms with Crippen molar-refractivity contribution in [2.45, 2.75) is 6.54 Å². The molecule has 0 atom stereocenters. The third-order valence-corrected chi connectivity index (χ3v) is 4.51. The number of nitrogens with one attached hydrogen (secondary N) is 2. The van der Waals surface area contributed by atoms with Crippen LogP contribution in [0.3, 0.4) is 0 Å². The standard InChI is InChI=1S/C20H17FN2O2S/c21-18-7-2-1-4-16(18)11-22-19(24)12-23-20(25)15-6-3-5-14(10-15)17-8-9-26-13-17/h1-10,13H,11-12H2,(H,22,24)(H,23,25). The van der Waals surface area contributed by atoms with Gasteiger partial charge in [-0.15, -0.1) is 0 Å². The third kappa shape index (κ3) is 4.55. The van der Waals surface area contributed by atoms with Crippen molar-refractivity contribution in [1.29, 1.82) is 0 Å². The second kappa shape index (κ2) is 8.40. The maximum absolute atomic E-state index is 13.5. The number of hydrogen-bond donors (Lipinski definition) is 2. The number of thiophene rings is 1. The molecule has 0 saturated heterocycles. The predicted octanol–water partition coefficient (Wildman–Crippen LogP) is 3.60. The number of rotatable bonds is 6. The number of amides is 2. The van der Waals surface area contributed by atoms with Gasteiger partial charge in [-0.3, -0.25) is 9.59 Å². The van der Waals surface area contributed by atoms with E-state index in [9.17, 15) is 14.0 Å². The van der Waals surface area contributed by atoms with Crippen molar-refractivity contribution in [2.24, 2.45) is 0 Å². The van der Waals surface area contributed by atoms with Gasteiger partial charge in [-0.2, -0.15) is 11.3 Å². The van der Waals surface area contributed by atoms with Crippen LogP contribution in [0.1, 0.15) is 15.9 Å². The zero-order chi connectivity index (χ0) is 18.4. The minimum Gasteiger partial charge on any atom is -0.350 e. The summed E-state index contributed by atoms with van der Waals surface area (Å²) in [6.45, 7) is -0.0923. The van der Waals surface area contributed by atoms with Crippen LogP contribution in [-0.4, -0.2) is 18.4 Å². The van der Waals surface area contributed by atoms with Gasteiger partial charge in [0.25, 0.3) is 5.91 Å². The Balaban J connectivity index is 1.53. The van der Waals surface area contributed by atoms with Crippen molar-refractivity contribution in [3.8, 4) is 11.1 Å². The lowest BCUT2D eigenvalue weighted by Gasteiger charge is -2.08. The molecule has 2 aromatic carbocycles. The van der Waals surface area contributed by atoms with Crippen LogP contribution < -0.4 is 10.6 Å². The molecule has 0 fully saturated rings. The van der Waals surface area contributed by atoms with Crippen molar-refractivity contribution < 1.29 is 14.0 Å².